The van der Waals surface area contributed by atoms with Gasteiger partial charge in [0.05, 0.1) is 17.6 Å². The van der Waals surface area contributed by atoms with E-state index in [0.29, 0.717) is 11.7 Å². The first-order valence-electron chi connectivity index (χ1n) is 6.51. The number of halogens is 1. The number of nitrogens with zero attached hydrogens (tertiary/aromatic N) is 2. The van der Waals surface area contributed by atoms with E-state index >= 15 is 0 Å². The van der Waals surface area contributed by atoms with Crippen molar-refractivity contribution < 1.29 is 4.79 Å². The molecule has 0 bridgehead atoms. The monoisotopic (exact) mass is 274 g/mol. The van der Waals surface area contributed by atoms with Gasteiger partial charge in [-0.15, -0.1) is 0 Å². The molecule has 0 fully saturated rings. The molecule has 1 aliphatic heterocycles. The second kappa shape index (κ2) is 4.49. The van der Waals surface area contributed by atoms with Crippen molar-refractivity contribution in [2.24, 2.45) is 0 Å². The van der Waals surface area contributed by atoms with Crippen molar-refractivity contribution in [3.8, 4) is 0 Å². The molecule has 2 heterocycles. The first-order chi connectivity index (χ1) is 9.13. The number of carbonyl (C=O) groups is 1. The normalized spacial score (nSPS) is 15.9. The Bertz CT molecular complexity index is 668. The highest BCUT2D eigenvalue weighted by Gasteiger charge is 2.33. The second-order valence-electron chi connectivity index (χ2n) is 4.96. The third-order valence-electron chi connectivity index (χ3n) is 3.87. The maximum Gasteiger partial charge on any atom is 0.255 e. The van der Waals surface area contributed by atoms with E-state index in [4.69, 9.17) is 11.6 Å². The lowest BCUT2D eigenvalue weighted by atomic mass is 10.1. The summed E-state index contributed by atoms with van der Waals surface area (Å²) in [5.74, 6) is 0.0739. The highest BCUT2D eigenvalue weighted by atomic mass is 35.5. The number of rotatable bonds is 2. The zero-order valence-electron chi connectivity index (χ0n) is 11.0. The van der Waals surface area contributed by atoms with Crippen molar-refractivity contribution in [3.05, 3.63) is 40.5 Å². The summed E-state index contributed by atoms with van der Waals surface area (Å²) < 4.78 is 0. The van der Waals surface area contributed by atoms with Crippen LogP contribution < -0.4 is 0 Å². The molecule has 1 aliphatic rings. The molecule has 0 spiro atoms. The number of para-hydroxylation sites is 1. The lowest BCUT2D eigenvalue weighted by Gasteiger charge is -2.22. The molecule has 2 aromatic rings. The van der Waals surface area contributed by atoms with Crippen LogP contribution in [-0.4, -0.2) is 21.8 Å². The van der Waals surface area contributed by atoms with E-state index in [-0.39, 0.29) is 11.9 Å². The van der Waals surface area contributed by atoms with Crippen LogP contribution in [0.5, 0.6) is 0 Å². The van der Waals surface area contributed by atoms with Gasteiger partial charge in [-0.05, 0) is 19.4 Å². The number of pyridine rings is 1. The van der Waals surface area contributed by atoms with Crippen LogP contribution in [-0.2, 0) is 6.54 Å². The summed E-state index contributed by atoms with van der Waals surface area (Å²) in [6, 6.07) is 7.88. The molecule has 3 rings (SSSR count). The molecule has 0 N–H and O–H groups in total. The SMILES string of the molecule is CCC(C)N1Cc2c(Cl)nc3ccccc3c2C1=O. The van der Waals surface area contributed by atoms with Crippen LogP contribution in [0.1, 0.15) is 36.2 Å². The highest BCUT2D eigenvalue weighted by Crippen LogP contribution is 2.34. The fourth-order valence-electron chi connectivity index (χ4n) is 2.57. The Kier molecular flexibility index (Phi) is 2.94. The van der Waals surface area contributed by atoms with Crippen LogP contribution in [0.3, 0.4) is 0 Å². The summed E-state index contributed by atoms with van der Waals surface area (Å²) in [5, 5.41) is 1.35. The Morgan fingerprint density at radius 1 is 1.42 bits per heavy atom. The topological polar surface area (TPSA) is 33.2 Å². The van der Waals surface area contributed by atoms with E-state index in [1.54, 1.807) is 0 Å². The van der Waals surface area contributed by atoms with Crippen molar-refractivity contribution in [1.29, 1.82) is 0 Å². The standard InChI is InChI=1S/C15H15ClN2O/c1-3-9(2)18-8-11-13(15(18)19)10-6-4-5-7-12(10)17-14(11)16/h4-7,9H,3,8H2,1-2H3. The predicted molar refractivity (Wildman–Crippen MR) is 76.4 cm³/mol. The molecular weight excluding hydrogens is 260 g/mol. The number of carbonyl (C=O) groups excluding carboxylic acids is 1. The van der Waals surface area contributed by atoms with Crippen molar-refractivity contribution >= 4 is 28.4 Å². The summed E-state index contributed by atoms with van der Waals surface area (Å²) in [4.78, 5) is 18.9. The zero-order valence-corrected chi connectivity index (χ0v) is 11.7. The van der Waals surface area contributed by atoms with E-state index in [0.717, 1.165) is 28.5 Å². The molecule has 1 unspecified atom stereocenters. The summed E-state index contributed by atoms with van der Waals surface area (Å²) in [7, 11) is 0. The molecular formula is C15H15ClN2O. The van der Waals surface area contributed by atoms with Crippen LogP contribution in [0.15, 0.2) is 24.3 Å². The molecule has 1 aromatic carbocycles. The lowest BCUT2D eigenvalue weighted by Crippen LogP contribution is -2.32. The van der Waals surface area contributed by atoms with Crippen molar-refractivity contribution in [2.45, 2.75) is 32.9 Å². The van der Waals surface area contributed by atoms with Crippen molar-refractivity contribution in [3.63, 3.8) is 0 Å². The van der Waals surface area contributed by atoms with Gasteiger partial charge in [-0.2, -0.15) is 0 Å². The van der Waals surface area contributed by atoms with Gasteiger partial charge in [0.1, 0.15) is 5.15 Å². The third kappa shape index (κ3) is 1.80. The van der Waals surface area contributed by atoms with Gasteiger partial charge in [0, 0.05) is 17.0 Å². The van der Waals surface area contributed by atoms with Gasteiger partial charge in [-0.3, -0.25) is 4.79 Å². The van der Waals surface area contributed by atoms with Gasteiger partial charge in [0.25, 0.3) is 5.91 Å². The van der Waals surface area contributed by atoms with Crippen LogP contribution >= 0.6 is 11.6 Å². The summed E-state index contributed by atoms with van der Waals surface area (Å²) in [6.45, 7) is 4.71. The third-order valence-corrected chi connectivity index (χ3v) is 4.18. The quantitative estimate of drug-likeness (QED) is 0.784. The average Bonchev–Trinajstić information content (AvgIpc) is 2.77. The molecule has 1 amide bonds. The van der Waals surface area contributed by atoms with E-state index in [1.807, 2.05) is 29.2 Å². The van der Waals surface area contributed by atoms with Gasteiger partial charge in [0.2, 0.25) is 0 Å². The average molecular weight is 275 g/mol. The number of hydrogen-bond acceptors (Lipinski definition) is 2. The Hall–Kier alpha value is -1.61. The molecule has 0 saturated heterocycles. The van der Waals surface area contributed by atoms with Gasteiger partial charge in [0.15, 0.2) is 0 Å². The minimum Gasteiger partial charge on any atom is -0.331 e. The number of fused-ring (bicyclic) bond motifs is 3. The van der Waals surface area contributed by atoms with E-state index < -0.39 is 0 Å². The van der Waals surface area contributed by atoms with Crippen LogP contribution in [0.2, 0.25) is 5.15 Å². The number of aromatic nitrogens is 1. The Labute approximate surface area is 117 Å². The maximum atomic E-state index is 12.6. The fourth-order valence-corrected chi connectivity index (χ4v) is 2.82. The first kappa shape index (κ1) is 12.4. The maximum absolute atomic E-state index is 12.6. The number of benzene rings is 1. The summed E-state index contributed by atoms with van der Waals surface area (Å²) in [6.07, 6.45) is 0.933. The largest absolute Gasteiger partial charge is 0.331 e. The van der Waals surface area contributed by atoms with Gasteiger partial charge >= 0.3 is 0 Å². The predicted octanol–water partition coefficient (Wildman–Crippen LogP) is 3.64. The first-order valence-corrected chi connectivity index (χ1v) is 6.89. The van der Waals surface area contributed by atoms with Gasteiger partial charge in [-0.1, -0.05) is 36.7 Å². The zero-order chi connectivity index (χ0) is 13.6. The Morgan fingerprint density at radius 2 is 2.16 bits per heavy atom. The van der Waals surface area contributed by atoms with Gasteiger partial charge < -0.3 is 4.90 Å². The van der Waals surface area contributed by atoms with Crippen molar-refractivity contribution in [2.75, 3.05) is 0 Å². The van der Waals surface area contributed by atoms with Crippen LogP contribution in [0, 0.1) is 0 Å². The number of amides is 1. The van der Waals surface area contributed by atoms with Gasteiger partial charge in [-0.25, -0.2) is 4.98 Å². The molecule has 0 aliphatic carbocycles. The molecule has 1 atom stereocenters. The Morgan fingerprint density at radius 3 is 2.89 bits per heavy atom. The summed E-state index contributed by atoms with van der Waals surface area (Å²) >= 11 is 6.24. The van der Waals surface area contributed by atoms with E-state index in [2.05, 4.69) is 18.8 Å². The van der Waals surface area contributed by atoms with Crippen LogP contribution in [0.25, 0.3) is 10.9 Å². The van der Waals surface area contributed by atoms with E-state index in [1.165, 1.54) is 0 Å². The molecule has 19 heavy (non-hydrogen) atoms. The van der Waals surface area contributed by atoms with Crippen LogP contribution in [0.4, 0.5) is 0 Å². The molecule has 0 saturated carbocycles. The minimum atomic E-state index is 0.0739. The molecule has 0 radical (unpaired) electrons. The smallest absolute Gasteiger partial charge is 0.255 e. The Balaban J connectivity index is 2.22. The molecule has 4 heteroatoms. The molecule has 3 nitrogen and oxygen atoms in total. The lowest BCUT2D eigenvalue weighted by molar-refractivity contribution is 0.0715. The van der Waals surface area contributed by atoms with Crippen molar-refractivity contribution in [1.82, 2.24) is 9.88 Å². The second-order valence-corrected chi connectivity index (χ2v) is 5.32. The van der Waals surface area contributed by atoms with E-state index in [9.17, 15) is 4.79 Å². The summed E-state index contributed by atoms with van der Waals surface area (Å²) in [5.41, 5.74) is 2.38. The fraction of sp³-hybridized carbons (Fsp3) is 0.333. The number of hydrogen-bond donors (Lipinski definition) is 0. The molecule has 98 valence electrons. The minimum absolute atomic E-state index is 0.0739. The molecule has 1 aromatic heterocycles. The highest BCUT2D eigenvalue weighted by molar-refractivity contribution is 6.32.